The number of aromatic nitrogens is 3. The van der Waals surface area contributed by atoms with Crippen molar-refractivity contribution >= 4 is 33.1 Å². The highest BCUT2D eigenvalue weighted by molar-refractivity contribution is 7.92. The predicted molar refractivity (Wildman–Crippen MR) is 132 cm³/mol. The van der Waals surface area contributed by atoms with Gasteiger partial charge in [0.25, 0.3) is 5.91 Å². The van der Waals surface area contributed by atoms with E-state index in [-0.39, 0.29) is 11.9 Å². The molecule has 0 aliphatic carbocycles. The number of aryl methyl sites for hydroxylation is 2. The van der Waals surface area contributed by atoms with Gasteiger partial charge < -0.3 is 9.80 Å². The lowest BCUT2D eigenvalue weighted by molar-refractivity contribution is 0.0606. The molecule has 0 bridgehead atoms. The minimum atomic E-state index is -3.52. The molecule has 2 aromatic heterocycles. The Morgan fingerprint density at radius 2 is 1.85 bits per heavy atom. The highest BCUT2D eigenvalue weighted by Gasteiger charge is 2.32. The molecule has 2 fully saturated rings. The Bertz CT molecular complexity index is 1360. The first-order valence-electron chi connectivity index (χ1n) is 11.7. The average Bonchev–Trinajstić information content (AvgIpc) is 3.17. The van der Waals surface area contributed by atoms with Gasteiger partial charge >= 0.3 is 0 Å². The SMILES string of the molecule is Cc1ccc(NS(C)(=O)=O)c(C(=O)N2CCCCC2c2cc3nc(N4CCC4)cc(C)n3n2)c1. The molecule has 2 aliphatic heterocycles. The number of anilines is 2. The number of fused-ring (bicyclic) bond motifs is 1. The second-order valence-corrected chi connectivity index (χ2v) is 11.1. The highest BCUT2D eigenvalue weighted by atomic mass is 32.2. The number of benzene rings is 1. The standard InChI is InChI=1S/C24H30N6O3S/c1-16-8-9-19(27-34(3,32)33)18(13-16)24(31)29-12-5-4-7-21(29)20-15-23-25-22(28-10-6-11-28)14-17(2)30(23)26-20/h8-9,13-15,21,27H,4-7,10-12H2,1-3H3. The topological polar surface area (TPSA) is 99.9 Å². The molecule has 1 aromatic carbocycles. The Morgan fingerprint density at radius 3 is 2.56 bits per heavy atom. The largest absolute Gasteiger partial charge is 0.356 e. The summed E-state index contributed by atoms with van der Waals surface area (Å²) in [5.41, 5.74) is 4.15. The summed E-state index contributed by atoms with van der Waals surface area (Å²) in [6.07, 6.45) is 4.97. The summed E-state index contributed by atoms with van der Waals surface area (Å²) in [6, 6.07) is 9.04. The fourth-order valence-corrected chi connectivity index (χ4v) is 5.33. The zero-order chi connectivity index (χ0) is 24.0. The summed E-state index contributed by atoms with van der Waals surface area (Å²) in [4.78, 5) is 22.6. The molecule has 4 heterocycles. The van der Waals surface area contributed by atoms with Crippen LogP contribution >= 0.6 is 0 Å². The monoisotopic (exact) mass is 482 g/mol. The Labute approximate surface area is 199 Å². The number of nitrogens with one attached hydrogen (secondary N) is 1. The molecule has 3 aromatic rings. The number of amides is 1. The smallest absolute Gasteiger partial charge is 0.256 e. The third-order valence-corrected chi connectivity index (χ3v) is 7.19. The molecule has 0 spiro atoms. The fourth-order valence-electron chi connectivity index (χ4n) is 4.76. The second-order valence-electron chi connectivity index (χ2n) is 9.37. The number of hydrogen-bond acceptors (Lipinski definition) is 6. The number of likely N-dealkylation sites (tertiary alicyclic amines) is 1. The second kappa shape index (κ2) is 8.57. The summed E-state index contributed by atoms with van der Waals surface area (Å²) in [5, 5.41) is 4.84. The van der Waals surface area contributed by atoms with Gasteiger partial charge in [0.1, 0.15) is 5.82 Å². The van der Waals surface area contributed by atoms with Crippen LogP contribution in [0.5, 0.6) is 0 Å². The van der Waals surface area contributed by atoms with E-state index in [1.54, 1.807) is 18.2 Å². The maximum Gasteiger partial charge on any atom is 0.256 e. The van der Waals surface area contributed by atoms with Crippen molar-refractivity contribution < 1.29 is 13.2 Å². The van der Waals surface area contributed by atoms with Gasteiger partial charge in [0.05, 0.1) is 29.2 Å². The van der Waals surface area contributed by atoms with E-state index in [1.165, 1.54) is 6.42 Å². The summed E-state index contributed by atoms with van der Waals surface area (Å²) >= 11 is 0. The van der Waals surface area contributed by atoms with Gasteiger partial charge in [-0.15, -0.1) is 0 Å². The molecule has 9 nitrogen and oxygen atoms in total. The van der Waals surface area contributed by atoms with Crippen LogP contribution in [0.2, 0.25) is 0 Å². The maximum absolute atomic E-state index is 13.7. The van der Waals surface area contributed by atoms with Gasteiger partial charge in [-0.1, -0.05) is 11.6 Å². The normalized spacial score (nSPS) is 18.7. The maximum atomic E-state index is 13.7. The minimum absolute atomic E-state index is 0.192. The molecule has 0 radical (unpaired) electrons. The summed E-state index contributed by atoms with van der Waals surface area (Å²) in [6.45, 7) is 6.55. The lowest BCUT2D eigenvalue weighted by Gasteiger charge is -2.35. The zero-order valence-corrected chi connectivity index (χ0v) is 20.6. The van der Waals surface area contributed by atoms with Crippen molar-refractivity contribution in [3.8, 4) is 0 Å². The van der Waals surface area contributed by atoms with Crippen molar-refractivity contribution in [1.29, 1.82) is 0 Å². The molecule has 2 saturated heterocycles. The molecule has 34 heavy (non-hydrogen) atoms. The summed E-state index contributed by atoms with van der Waals surface area (Å²) in [7, 11) is -3.52. The van der Waals surface area contributed by atoms with E-state index >= 15 is 0 Å². The van der Waals surface area contributed by atoms with Crippen LogP contribution in [-0.2, 0) is 10.0 Å². The zero-order valence-electron chi connectivity index (χ0n) is 19.8. The van der Waals surface area contributed by atoms with Crippen molar-refractivity contribution in [1.82, 2.24) is 19.5 Å². The third-order valence-electron chi connectivity index (χ3n) is 6.60. The van der Waals surface area contributed by atoms with Crippen LogP contribution in [-0.4, -0.2) is 59.7 Å². The molecule has 1 atom stereocenters. The Morgan fingerprint density at radius 1 is 1.06 bits per heavy atom. The molecular formula is C24H30N6O3S. The van der Waals surface area contributed by atoms with E-state index in [2.05, 4.69) is 15.7 Å². The van der Waals surface area contributed by atoms with E-state index in [9.17, 15) is 13.2 Å². The molecule has 2 aliphatic rings. The Balaban J connectivity index is 1.51. The van der Waals surface area contributed by atoms with Gasteiger partial charge in [-0.3, -0.25) is 9.52 Å². The van der Waals surface area contributed by atoms with Gasteiger partial charge in [0.15, 0.2) is 5.65 Å². The van der Waals surface area contributed by atoms with Crippen LogP contribution in [0.4, 0.5) is 11.5 Å². The number of carbonyl (C=O) groups excluding carboxylic acids is 1. The van der Waals surface area contributed by atoms with Crippen molar-refractivity contribution in [3.63, 3.8) is 0 Å². The van der Waals surface area contributed by atoms with E-state index in [1.807, 2.05) is 29.3 Å². The Kier molecular flexibility index (Phi) is 5.71. The van der Waals surface area contributed by atoms with Crippen molar-refractivity contribution in [2.45, 2.75) is 45.6 Å². The lowest BCUT2D eigenvalue weighted by Crippen LogP contribution is -2.39. The first-order valence-corrected chi connectivity index (χ1v) is 13.6. The first-order chi connectivity index (χ1) is 16.2. The van der Waals surface area contributed by atoms with Crippen LogP contribution in [0.15, 0.2) is 30.3 Å². The van der Waals surface area contributed by atoms with Crippen LogP contribution in [0.1, 0.15) is 59.0 Å². The lowest BCUT2D eigenvalue weighted by atomic mass is 9.97. The van der Waals surface area contributed by atoms with Gasteiger partial charge in [0, 0.05) is 37.5 Å². The summed E-state index contributed by atoms with van der Waals surface area (Å²) < 4.78 is 28.1. The van der Waals surface area contributed by atoms with E-state index in [0.29, 0.717) is 17.8 Å². The average molecular weight is 483 g/mol. The van der Waals surface area contributed by atoms with E-state index in [0.717, 1.165) is 67.0 Å². The van der Waals surface area contributed by atoms with Gasteiger partial charge in [-0.05, 0) is 51.7 Å². The van der Waals surface area contributed by atoms with E-state index < -0.39 is 10.0 Å². The molecule has 5 rings (SSSR count). The molecule has 1 amide bonds. The van der Waals surface area contributed by atoms with Crippen molar-refractivity contribution in [3.05, 3.63) is 52.8 Å². The van der Waals surface area contributed by atoms with E-state index in [4.69, 9.17) is 10.1 Å². The molecular weight excluding hydrogens is 452 g/mol. The number of hydrogen-bond donors (Lipinski definition) is 1. The quantitative estimate of drug-likeness (QED) is 0.599. The molecule has 1 unspecified atom stereocenters. The molecule has 180 valence electrons. The van der Waals surface area contributed by atoms with Crippen LogP contribution in [0, 0.1) is 13.8 Å². The van der Waals surface area contributed by atoms with Gasteiger partial charge in [0.2, 0.25) is 10.0 Å². The molecule has 1 N–H and O–H groups in total. The summed E-state index contributed by atoms with van der Waals surface area (Å²) in [5.74, 6) is 0.776. The van der Waals surface area contributed by atoms with Crippen LogP contribution < -0.4 is 9.62 Å². The molecule has 0 saturated carbocycles. The number of carbonyl (C=O) groups is 1. The van der Waals surface area contributed by atoms with Crippen molar-refractivity contribution in [2.24, 2.45) is 0 Å². The minimum Gasteiger partial charge on any atom is -0.356 e. The van der Waals surface area contributed by atoms with Crippen LogP contribution in [0.3, 0.4) is 0 Å². The number of nitrogens with zero attached hydrogens (tertiary/aromatic N) is 5. The molecule has 10 heteroatoms. The number of rotatable bonds is 5. The highest BCUT2D eigenvalue weighted by Crippen LogP contribution is 2.34. The Hall–Kier alpha value is -3.14. The predicted octanol–water partition coefficient (Wildman–Crippen LogP) is 3.30. The van der Waals surface area contributed by atoms with Crippen molar-refractivity contribution in [2.75, 3.05) is 35.5 Å². The third kappa shape index (κ3) is 4.34. The van der Waals surface area contributed by atoms with Crippen LogP contribution in [0.25, 0.3) is 5.65 Å². The number of sulfonamides is 1. The van der Waals surface area contributed by atoms with Gasteiger partial charge in [-0.2, -0.15) is 5.10 Å². The van der Waals surface area contributed by atoms with Gasteiger partial charge in [-0.25, -0.2) is 17.9 Å². The first kappa shape index (κ1) is 22.6. The fraction of sp³-hybridized carbons (Fsp3) is 0.458. The number of piperidine rings is 1.